The second-order valence-corrected chi connectivity index (χ2v) is 6.82. The van der Waals surface area contributed by atoms with Crippen molar-refractivity contribution in [1.82, 2.24) is 10.2 Å². The minimum atomic E-state index is -0.562. The summed E-state index contributed by atoms with van der Waals surface area (Å²) in [6.07, 6.45) is 3.68. The van der Waals surface area contributed by atoms with Gasteiger partial charge in [0, 0.05) is 13.1 Å². The van der Waals surface area contributed by atoms with Gasteiger partial charge in [0.25, 0.3) is 5.91 Å². The van der Waals surface area contributed by atoms with Crippen molar-refractivity contribution < 1.29 is 14.6 Å². The van der Waals surface area contributed by atoms with Crippen molar-refractivity contribution in [2.45, 2.75) is 19.8 Å². The van der Waals surface area contributed by atoms with Gasteiger partial charge < -0.3 is 14.7 Å². The standard InChI is InChI=1S/C18H19N5O3S/c1-2-26-15-10-12(5-6-14(15)24)9-13(11-19)16(25)20-17-21-22-18(27-17)23-7-3-4-8-23/h5-6,9-10,24H,2-4,7-8H2,1H3,(H,20,21,25)/b13-9-. The van der Waals surface area contributed by atoms with Crippen molar-refractivity contribution in [3.8, 4) is 17.6 Å². The van der Waals surface area contributed by atoms with Gasteiger partial charge in [0.05, 0.1) is 6.61 Å². The second kappa shape index (κ2) is 8.51. The zero-order valence-electron chi connectivity index (χ0n) is 14.8. The number of aromatic hydroxyl groups is 1. The Morgan fingerprint density at radius 1 is 1.44 bits per heavy atom. The van der Waals surface area contributed by atoms with Gasteiger partial charge in [-0.3, -0.25) is 10.1 Å². The third-order valence-corrected chi connectivity index (χ3v) is 4.87. The van der Waals surface area contributed by atoms with E-state index in [1.165, 1.54) is 23.5 Å². The van der Waals surface area contributed by atoms with Crippen LogP contribution in [0.4, 0.5) is 10.3 Å². The van der Waals surface area contributed by atoms with Crippen molar-refractivity contribution in [1.29, 1.82) is 5.26 Å². The number of ether oxygens (including phenoxy) is 1. The number of carbonyl (C=O) groups is 1. The predicted molar refractivity (Wildman–Crippen MR) is 103 cm³/mol. The van der Waals surface area contributed by atoms with E-state index in [0.29, 0.717) is 23.1 Å². The number of nitriles is 1. The van der Waals surface area contributed by atoms with Gasteiger partial charge in [-0.25, -0.2) is 0 Å². The van der Waals surface area contributed by atoms with Gasteiger partial charge >= 0.3 is 0 Å². The van der Waals surface area contributed by atoms with E-state index in [1.807, 2.05) is 6.07 Å². The normalized spacial score (nSPS) is 14.1. The average Bonchev–Trinajstić information content (AvgIpc) is 3.34. The molecule has 3 rings (SSSR count). The first-order chi connectivity index (χ1) is 13.1. The Balaban J connectivity index is 1.73. The van der Waals surface area contributed by atoms with E-state index >= 15 is 0 Å². The number of nitrogens with zero attached hydrogens (tertiary/aromatic N) is 4. The molecule has 2 aromatic rings. The number of benzene rings is 1. The summed E-state index contributed by atoms with van der Waals surface area (Å²) >= 11 is 1.29. The number of phenolic OH excluding ortho intramolecular Hbond substituents is 1. The fourth-order valence-corrected chi connectivity index (χ4v) is 3.47. The molecule has 2 heterocycles. The molecule has 1 amide bonds. The van der Waals surface area contributed by atoms with Crippen molar-refractivity contribution in [3.63, 3.8) is 0 Å². The van der Waals surface area contributed by atoms with Gasteiger partial charge in [-0.15, -0.1) is 10.2 Å². The lowest BCUT2D eigenvalue weighted by atomic mass is 10.1. The SMILES string of the molecule is CCOc1cc(/C=C(/C#N)C(=O)Nc2nnc(N3CCCC3)s2)ccc1O. The molecule has 0 bridgehead atoms. The molecule has 8 nitrogen and oxygen atoms in total. The number of phenols is 1. The molecule has 1 aromatic heterocycles. The highest BCUT2D eigenvalue weighted by molar-refractivity contribution is 7.19. The van der Waals surface area contributed by atoms with Crippen LogP contribution in [-0.2, 0) is 4.79 Å². The topological polar surface area (TPSA) is 111 Å². The number of rotatable bonds is 6. The molecule has 0 atom stereocenters. The van der Waals surface area contributed by atoms with Gasteiger partial charge in [0.1, 0.15) is 11.6 Å². The molecule has 27 heavy (non-hydrogen) atoms. The quantitative estimate of drug-likeness (QED) is 0.581. The first kappa shape index (κ1) is 18.7. The number of nitrogens with one attached hydrogen (secondary N) is 1. The molecule has 0 radical (unpaired) electrons. The van der Waals surface area contributed by atoms with Crippen LogP contribution in [0, 0.1) is 11.3 Å². The molecule has 0 unspecified atom stereocenters. The van der Waals surface area contributed by atoms with Crippen LogP contribution in [-0.4, -0.2) is 40.9 Å². The van der Waals surface area contributed by atoms with Gasteiger partial charge in [0.2, 0.25) is 10.3 Å². The maximum atomic E-state index is 12.4. The van der Waals surface area contributed by atoms with Crippen LogP contribution in [0.15, 0.2) is 23.8 Å². The van der Waals surface area contributed by atoms with Crippen LogP contribution in [0.2, 0.25) is 0 Å². The Morgan fingerprint density at radius 3 is 2.93 bits per heavy atom. The molecule has 2 N–H and O–H groups in total. The van der Waals surface area contributed by atoms with Crippen LogP contribution < -0.4 is 15.0 Å². The van der Waals surface area contributed by atoms with Gasteiger partial charge in [-0.2, -0.15) is 5.26 Å². The first-order valence-corrected chi connectivity index (χ1v) is 9.39. The largest absolute Gasteiger partial charge is 0.504 e. The Hall–Kier alpha value is -3.12. The van der Waals surface area contributed by atoms with E-state index in [0.717, 1.165) is 31.1 Å². The van der Waals surface area contributed by atoms with Crippen molar-refractivity contribution >= 4 is 33.6 Å². The van der Waals surface area contributed by atoms with E-state index < -0.39 is 5.91 Å². The zero-order valence-corrected chi connectivity index (χ0v) is 15.6. The van der Waals surface area contributed by atoms with E-state index in [4.69, 9.17) is 4.74 Å². The molecule has 0 aliphatic carbocycles. The summed E-state index contributed by atoms with van der Waals surface area (Å²) in [5.41, 5.74) is 0.485. The third kappa shape index (κ3) is 4.54. The zero-order chi connectivity index (χ0) is 19.2. The summed E-state index contributed by atoms with van der Waals surface area (Å²) in [5.74, 6) is -0.267. The number of hydrogen-bond donors (Lipinski definition) is 2. The fourth-order valence-electron chi connectivity index (χ4n) is 2.67. The number of carbonyl (C=O) groups excluding carboxylic acids is 1. The minimum absolute atomic E-state index is 0.000242. The van der Waals surface area contributed by atoms with Crippen LogP contribution in [0.25, 0.3) is 6.08 Å². The molecule has 1 aromatic carbocycles. The smallest absolute Gasteiger partial charge is 0.268 e. The van der Waals surface area contributed by atoms with Gasteiger partial charge in [-0.05, 0) is 43.5 Å². The number of anilines is 2. The Morgan fingerprint density at radius 2 is 2.22 bits per heavy atom. The van der Waals surface area contributed by atoms with Crippen molar-refractivity contribution in [2.75, 3.05) is 29.9 Å². The number of hydrogen-bond acceptors (Lipinski definition) is 8. The number of amides is 1. The summed E-state index contributed by atoms with van der Waals surface area (Å²) in [6.45, 7) is 4.07. The molecule has 1 saturated heterocycles. The highest BCUT2D eigenvalue weighted by atomic mass is 32.1. The van der Waals surface area contributed by atoms with E-state index in [9.17, 15) is 15.2 Å². The lowest BCUT2D eigenvalue weighted by molar-refractivity contribution is -0.112. The van der Waals surface area contributed by atoms with E-state index in [1.54, 1.807) is 19.1 Å². The summed E-state index contributed by atoms with van der Waals surface area (Å²) in [7, 11) is 0. The third-order valence-electron chi connectivity index (χ3n) is 3.97. The van der Waals surface area contributed by atoms with Crippen LogP contribution >= 0.6 is 11.3 Å². The average molecular weight is 385 g/mol. The minimum Gasteiger partial charge on any atom is -0.504 e. The fraction of sp³-hybridized carbons (Fsp3) is 0.333. The number of aromatic nitrogens is 2. The van der Waals surface area contributed by atoms with Crippen LogP contribution in [0.3, 0.4) is 0 Å². The maximum absolute atomic E-state index is 12.4. The highest BCUT2D eigenvalue weighted by Crippen LogP contribution is 2.29. The van der Waals surface area contributed by atoms with Crippen molar-refractivity contribution in [2.24, 2.45) is 0 Å². The first-order valence-electron chi connectivity index (χ1n) is 8.58. The van der Waals surface area contributed by atoms with Gasteiger partial charge in [0.15, 0.2) is 11.5 Å². The molecule has 0 spiro atoms. The predicted octanol–water partition coefficient (Wildman–Crippen LogP) is 2.79. The molecule has 0 saturated carbocycles. The van der Waals surface area contributed by atoms with E-state index in [-0.39, 0.29) is 11.3 Å². The molecular weight excluding hydrogens is 366 g/mol. The lowest BCUT2D eigenvalue weighted by Crippen LogP contribution is -2.17. The Labute approximate surface area is 160 Å². The summed E-state index contributed by atoms with van der Waals surface area (Å²) in [6, 6.07) is 6.51. The van der Waals surface area contributed by atoms with Gasteiger partial charge in [-0.1, -0.05) is 17.4 Å². The molecule has 1 aliphatic heterocycles. The van der Waals surface area contributed by atoms with E-state index in [2.05, 4.69) is 20.4 Å². The summed E-state index contributed by atoms with van der Waals surface area (Å²) in [4.78, 5) is 14.5. The second-order valence-electron chi connectivity index (χ2n) is 5.87. The van der Waals surface area contributed by atoms with Crippen molar-refractivity contribution in [3.05, 3.63) is 29.3 Å². The van der Waals surface area contributed by atoms with Crippen LogP contribution in [0.1, 0.15) is 25.3 Å². The highest BCUT2D eigenvalue weighted by Gasteiger charge is 2.18. The lowest BCUT2D eigenvalue weighted by Gasteiger charge is -2.10. The maximum Gasteiger partial charge on any atom is 0.268 e. The molecular formula is C18H19N5O3S. The monoisotopic (exact) mass is 385 g/mol. The molecule has 1 fully saturated rings. The molecule has 140 valence electrons. The Bertz CT molecular complexity index is 897. The molecule has 9 heteroatoms. The summed E-state index contributed by atoms with van der Waals surface area (Å²) < 4.78 is 5.32. The van der Waals surface area contributed by atoms with Crippen LogP contribution in [0.5, 0.6) is 11.5 Å². The summed E-state index contributed by atoms with van der Waals surface area (Å²) in [5, 5.41) is 30.9. The Kier molecular flexibility index (Phi) is 5.88. The molecule has 1 aliphatic rings.